The van der Waals surface area contributed by atoms with Gasteiger partial charge in [-0.1, -0.05) is 19.9 Å². The smallest absolute Gasteiger partial charge is 0.251 e. The number of nitrogens with one attached hydrogen (secondary N) is 1. The summed E-state index contributed by atoms with van der Waals surface area (Å²) in [5, 5.41) is 2.93. The monoisotopic (exact) mass is 342 g/mol. The Morgan fingerprint density at radius 2 is 2.04 bits per heavy atom. The van der Waals surface area contributed by atoms with Gasteiger partial charge >= 0.3 is 0 Å². The van der Waals surface area contributed by atoms with Crippen molar-refractivity contribution in [3.8, 4) is 11.5 Å². The first-order valence-electron chi connectivity index (χ1n) is 8.67. The van der Waals surface area contributed by atoms with Crippen molar-refractivity contribution < 1.29 is 14.3 Å². The standard InChI is InChI=1S/C20H26N2O3/c1-4-24-19-12-17(20(23)22-11-9-15(2)3)7-8-18(19)25-14-16-6-5-10-21-13-16/h5-8,10,12-13,15H,4,9,11,14H2,1-3H3,(H,22,23). The highest BCUT2D eigenvalue weighted by atomic mass is 16.5. The molecule has 0 bridgehead atoms. The van der Waals surface area contributed by atoms with Gasteiger partial charge < -0.3 is 14.8 Å². The van der Waals surface area contributed by atoms with E-state index in [0.717, 1.165) is 12.0 Å². The molecule has 0 saturated heterocycles. The second-order valence-corrected chi connectivity index (χ2v) is 6.18. The highest BCUT2D eigenvalue weighted by Crippen LogP contribution is 2.29. The van der Waals surface area contributed by atoms with Crippen molar-refractivity contribution in [3.05, 3.63) is 53.9 Å². The number of carbonyl (C=O) groups excluding carboxylic acids is 1. The van der Waals surface area contributed by atoms with E-state index in [1.54, 1.807) is 30.6 Å². The van der Waals surface area contributed by atoms with Crippen molar-refractivity contribution in [2.75, 3.05) is 13.2 Å². The summed E-state index contributed by atoms with van der Waals surface area (Å²) in [7, 11) is 0. The van der Waals surface area contributed by atoms with Crippen molar-refractivity contribution in [1.29, 1.82) is 0 Å². The SMILES string of the molecule is CCOc1cc(C(=O)NCCC(C)C)ccc1OCc1cccnc1. The maximum atomic E-state index is 12.3. The highest BCUT2D eigenvalue weighted by Gasteiger charge is 2.12. The molecule has 0 saturated carbocycles. The number of aromatic nitrogens is 1. The van der Waals surface area contributed by atoms with Crippen molar-refractivity contribution in [1.82, 2.24) is 10.3 Å². The maximum Gasteiger partial charge on any atom is 0.251 e. The fourth-order valence-electron chi connectivity index (χ4n) is 2.26. The molecule has 0 fully saturated rings. The molecule has 0 unspecified atom stereocenters. The van der Waals surface area contributed by atoms with Gasteiger partial charge in [0, 0.05) is 30.1 Å². The zero-order chi connectivity index (χ0) is 18.1. The molecule has 1 aromatic heterocycles. The number of ether oxygens (including phenoxy) is 2. The van der Waals surface area contributed by atoms with Crippen LogP contribution in [0.5, 0.6) is 11.5 Å². The minimum atomic E-state index is -0.0968. The fourth-order valence-corrected chi connectivity index (χ4v) is 2.26. The Bertz CT molecular complexity index is 672. The minimum absolute atomic E-state index is 0.0968. The molecule has 0 aliphatic carbocycles. The fraction of sp³-hybridized carbons (Fsp3) is 0.400. The van der Waals surface area contributed by atoms with Gasteiger partial charge in [0.25, 0.3) is 5.91 Å². The number of rotatable bonds is 9. The van der Waals surface area contributed by atoms with Crippen LogP contribution in [0.15, 0.2) is 42.7 Å². The van der Waals surface area contributed by atoms with Gasteiger partial charge in [0.05, 0.1) is 6.61 Å². The van der Waals surface area contributed by atoms with Gasteiger partial charge in [-0.2, -0.15) is 0 Å². The Balaban J connectivity index is 2.04. The molecule has 2 rings (SSSR count). The van der Waals surface area contributed by atoms with Gasteiger partial charge in [0.15, 0.2) is 11.5 Å². The van der Waals surface area contributed by atoms with Crippen LogP contribution in [-0.2, 0) is 6.61 Å². The predicted octanol–water partition coefficient (Wildman–Crippen LogP) is 3.84. The lowest BCUT2D eigenvalue weighted by Gasteiger charge is -2.14. The number of pyridine rings is 1. The van der Waals surface area contributed by atoms with Crippen LogP contribution in [-0.4, -0.2) is 24.0 Å². The molecular weight excluding hydrogens is 316 g/mol. The molecule has 5 heteroatoms. The van der Waals surface area contributed by atoms with Gasteiger partial charge in [-0.3, -0.25) is 9.78 Å². The van der Waals surface area contributed by atoms with E-state index in [1.165, 1.54) is 0 Å². The topological polar surface area (TPSA) is 60.5 Å². The van der Waals surface area contributed by atoms with Crippen LogP contribution in [0.2, 0.25) is 0 Å². The van der Waals surface area contributed by atoms with Crippen LogP contribution in [0.3, 0.4) is 0 Å². The van der Waals surface area contributed by atoms with E-state index in [4.69, 9.17) is 9.47 Å². The summed E-state index contributed by atoms with van der Waals surface area (Å²) in [5.41, 5.74) is 1.54. The molecule has 0 aliphatic rings. The molecule has 1 amide bonds. The minimum Gasteiger partial charge on any atom is -0.490 e. The zero-order valence-electron chi connectivity index (χ0n) is 15.1. The number of hydrogen-bond donors (Lipinski definition) is 1. The zero-order valence-corrected chi connectivity index (χ0v) is 15.1. The van der Waals surface area contributed by atoms with E-state index < -0.39 is 0 Å². The highest BCUT2D eigenvalue weighted by molar-refractivity contribution is 5.94. The third-order valence-electron chi connectivity index (χ3n) is 3.63. The predicted molar refractivity (Wildman–Crippen MR) is 98.0 cm³/mol. The van der Waals surface area contributed by atoms with E-state index >= 15 is 0 Å². The van der Waals surface area contributed by atoms with Gasteiger partial charge in [0.2, 0.25) is 0 Å². The molecule has 0 atom stereocenters. The van der Waals surface area contributed by atoms with Gasteiger partial charge in [-0.05, 0) is 43.5 Å². The Morgan fingerprint density at radius 3 is 2.72 bits per heavy atom. The lowest BCUT2D eigenvalue weighted by molar-refractivity contribution is 0.0951. The summed E-state index contributed by atoms with van der Waals surface area (Å²) in [6, 6.07) is 9.08. The first-order valence-corrected chi connectivity index (χ1v) is 8.67. The van der Waals surface area contributed by atoms with Crippen LogP contribution in [0.1, 0.15) is 43.1 Å². The third kappa shape index (κ3) is 6.10. The van der Waals surface area contributed by atoms with Crippen molar-refractivity contribution in [2.24, 2.45) is 5.92 Å². The summed E-state index contributed by atoms with van der Waals surface area (Å²) < 4.78 is 11.5. The molecule has 1 aromatic carbocycles. The third-order valence-corrected chi connectivity index (χ3v) is 3.63. The largest absolute Gasteiger partial charge is 0.490 e. The Labute approximate surface area is 149 Å². The molecular formula is C20H26N2O3. The average Bonchev–Trinajstić information content (AvgIpc) is 2.61. The summed E-state index contributed by atoms with van der Waals surface area (Å²) in [6.07, 6.45) is 4.44. The van der Waals surface area contributed by atoms with Crippen molar-refractivity contribution >= 4 is 5.91 Å². The van der Waals surface area contributed by atoms with Crippen LogP contribution in [0, 0.1) is 5.92 Å². The molecule has 1 heterocycles. The van der Waals surface area contributed by atoms with E-state index in [2.05, 4.69) is 24.1 Å². The van der Waals surface area contributed by atoms with Crippen LogP contribution >= 0.6 is 0 Å². The van der Waals surface area contributed by atoms with Crippen LogP contribution in [0.4, 0.5) is 0 Å². The lowest BCUT2D eigenvalue weighted by Crippen LogP contribution is -2.25. The van der Waals surface area contributed by atoms with Crippen molar-refractivity contribution in [3.63, 3.8) is 0 Å². The second-order valence-electron chi connectivity index (χ2n) is 6.18. The number of benzene rings is 1. The Morgan fingerprint density at radius 1 is 1.20 bits per heavy atom. The number of nitrogens with zero attached hydrogens (tertiary/aromatic N) is 1. The quantitative estimate of drug-likeness (QED) is 0.752. The Hall–Kier alpha value is -2.56. The number of carbonyl (C=O) groups is 1. The summed E-state index contributed by atoms with van der Waals surface area (Å²) in [4.78, 5) is 16.3. The number of hydrogen-bond acceptors (Lipinski definition) is 4. The van der Waals surface area contributed by atoms with E-state index in [-0.39, 0.29) is 5.91 Å². The average molecular weight is 342 g/mol. The van der Waals surface area contributed by atoms with Gasteiger partial charge in [-0.15, -0.1) is 0 Å². The molecule has 0 radical (unpaired) electrons. The first kappa shape index (κ1) is 18.8. The second kappa shape index (κ2) is 9.67. The molecule has 134 valence electrons. The molecule has 2 aromatic rings. The lowest BCUT2D eigenvalue weighted by atomic mass is 10.1. The van der Waals surface area contributed by atoms with Crippen LogP contribution in [0.25, 0.3) is 0 Å². The first-order chi connectivity index (χ1) is 12.1. The molecule has 0 spiro atoms. The van der Waals surface area contributed by atoms with E-state index in [9.17, 15) is 4.79 Å². The summed E-state index contributed by atoms with van der Waals surface area (Å²) in [6.45, 7) is 7.73. The molecule has 1 N–H and O–H groups in total. The van der Waals surface area contributed by atoms with Gasteiger partial charge in [0.1, 0.15) is 6.61 Å². The molecule has 0 aliphatic heterocycles. The molecule has 25 heavy (non-hydrogen) atoms. The van der Waals surface area contributed by atoms with Crippen molar-refractivity contribution in [2.45, 2.75) is 33.8 Å². The van der Waals surface area contributed by atoms with Crippen LogP contribution < -0.4 is 14.8 Å². The Kier molecular flexibility index (Phi) is 7.26. The van der Waals surface area contributed by atoms with Gasteiger partial charge in [-0.25, -0.2) is 0 Å². The summed E-state index contributed by atoms with van der Waals surface area (Å²) >= 11 is 0. The maximum absolute atomic E-state index is 12.3. The molecule has 5 nitrogen and oxygen atoms in total. The normalized spacial score (nSPS) is 10.6. The number of amides is 1. The van der Waals surface area contributed by atoms with E-state index in [1.807, 2.05) is 19.1 Å². The van der Waals surface area contributed by atoms with E-state index in [0.29, 0.717) is 42.7 Å². The summed E-state index contributed by atoms with van der Waals surface area (Å²) in [5.74, 6) is 1.65.